The Labute approximate surface area is 187 Å². The number of rotatable bonds is 3. The van der Waals surface area contributed by atoms with E-state index in [1.54, 1.807) is 28.8 Å². The van der Waals surface area contributed by atoms with E-state index in [2.05, 4.69) is 15.2 Å². The van der Waals surface area contributed by atoms with Gasteiger partial charge in [0.05, 0.1) is 17.0 Å². The van der Waals surface area contributed by atoms with Gasteiger partial charge >= 0.3 is 6.18 Å². The fourth-order valence-corrected chi connectivity index (χ4v) is 4.07. The second-order valence-corrected chi connectivity index (χ2v) is 7.81. The molecule has 0 N–H and O–H groups in total. The average Bonchev–Trinajstić information content (AvgIpc) is 3.09. The molecule has 0 spiro atoms. The molecule has 32 heavy (non-hydrogen) atoms. The van der Waals surface area contributed by atoms with Crippen molar-refractivity contribution in [2.24, 2.45) is 4.99 Å². The zero-order valence-electron chi connectivity index (χ0n) is 16.6. The van der Waals surface area contributed by atoms with E-state index in [-0.39, 0.29) is 6.54 Å². The van der Waals surface area contributed by atoms with Gasteiger partial charge in [-0.3, -0.25) is 9.56 Å². The number of hydrogen-bond donors (Lipinski definition) is 0. The maximum atomic E-state index is 13.6. The lowest BCUT2D eigenvalue weighted by atomic mass is 9.98. The first-order chi connectivity index (χ1) is 15.4. The van der Waals surface area contributed by atoms with Crippen LogP contribution in [0, 0.1) is 0 Å². The van der Waals surface area contributed by atoms with Crippen molar-refractivity contribution in [3.05, 3.63) is 112 Å². The highest BCUT2D eigenvalue weighted by Gasteiger charge is 2.33. The molecule has 0 saturated carbocycles. The van der Waals surface area contributed by atoms with Crippen LogP contribution in [-0.2, 0) is 19.1 Å². The molecule has 0 radical (unpaired) electrons. The van der Waals surface area contributed by atoms with E-state index in [1.165, 1.54) is 6.07 Å². The van der Waals surface area contributed by atoms with Gasteiger partial charge in [-0.15, -0.1) is 10.2 Å². The summed E-state index contributed by atoms with van der Waals surface area (Å²) in [6.07, 6.45) is -4.01. The number of alkyl halides is 3. The predicted octanol–water partition coefficient (Wildman–Crippen LogP) is 5.88. The first-order valence-electron chi connectivity index (χ1n) is 9.90. The Morgan fingerprint density at radius 1 is 0.875 bits per heavy atom. The minimum atomic E-state index is -4.49. The van der Waals surface area contributed by atoms with Crippen molar-refractivity contribution < 1.29 is 13.2 Å². The Morgan fingerprint density at radius 3 is 2.38 bits per heavy atom. The van der Waals surface area contributed by atoms with E-state index < -0.39 is 11.7 Å². The number of halogens is 4. The summed E-state index contributed by atoms with van der Waals surface area (Å²) in [6, 6.07) is 20.4. The van der Waals surface area contributed by atoms with Gasteiger partial charge in [0.2, 0.25) is 0 Å². The van der Waals surface area contributed by atoms with Gasteiger partial charge in [-0.1, -0.05) is 60.1 Å². The molecule has 5 rings (SSSR count). The van der Waals surface area contributed by atoms with Crippen molar-refractivity contribution >= 4 is 17.3 Å². The molecule has 0 unspecified atom stereocenters. The van der Waals surface area contributed by atoms with Crippen molar-refractivity contribution in [1.82, 2.24) is 14.8 Å². The number of fused-ring (bicyclic) bond motifs is 3. The van der Waals surface area contributed by atoms with E-state index in [0.29, 0.717) is 45.6 Å². The molecule has 0 bridgehead atoms. The van der Waals surface area contributed by atoms with Crippen LogP contribution in [0.1, 0.15) is 33.9 Å². The van der Waals surface area contributed by atoms with Crippen molar-refractivity contribution in [1.29, 1.82) is 0 Å². The van der Waals surface area contributed by atoms with Gasteiger partial charge in [-0.05, 0) is 29.8 Å². The normalized spacial score (nSPS) is 13.2. The topological polar surface area (TPSA) is 43.1 Å². The maximum Gasteiger partial charge on any atom is 0.416 e. The Morgan fingerprint density at radius 2 is 1.62 bits per heavy atom. The minimum Gasteiger partial charge on any atom is -0.280 e. The van der Waals surface area contributed by atoms with Crippen LogP contribution >= 0.6 is 11.6 Å². The molecule has 160 valence electrons. The molecule has 8 heteroatoms. The monoisotopic (exact) mass is 452 g/mol. The van der Waals surface area contributed by atoms with E-state index >= 15 is 0 Å². The minimum absolute atomic E-state index is 0.165. The molecule has 1 aliphatic heterocycles. The summed E-state index contributed by atoms with van der Waals surface area (Å²) < 4.78 is 42.5. The smallest absolute Gasteiger partial charge is 0.280 e. The van der Waals surface area contributed by atoms with Crippen LogP contribution in [0.2, 0.25) is 5.02 Å². The van der Waals surface area contributed by atoms with Crippen LogP contribution in [0.4, 0.5) is 13.2 Å². The molecule has 0 atom stereocenters. The average molecular weight is 453 g/mol. The number of benzene rings is 3. The predicted molar refractivity (Wildman–Crippen MR) is 116 cm³/mol. The van der Waals surface area contributed by atoms with Crippen molar-refractivity contribution in [3.63, 3.8) is 0 Å². The zero-order valence-corrected chi connectivity index (χ0v) is 17.4. The third-order valence-electron chi connectivity index (χ3n) is 5.33. The highest BCUT2D eigenvalue weighted by molar-refractivity contribution is 6.35. The van der Waals surface area contributed by atoms with Crippen LogP contribution in [0.25, 0.3) is 5.69 Å². The molecular formula is C24H16ClF3N4. The molecule has 4 aromatic rings. The van der Waals surface area contributed by atoms with Crippen molar-refractivity contribution in [2.75, 3.05) is 0 Å². The Kier molecular flexibility index (Phi) is 5.06. The SMILES string of the molecule is FC(F)(F)c1ccc2c(c1)C(c1ccccc1Cl)=NCc1nnc(Cc3ccccc3)n1-2. The second-order valence-electron chi connectivity index (χ2n) is 7.40. The highest BCUT2D eigenvalue weighted by Crippen LogP contribution is 2.35. The van der Waals surface area contributed by atoms with E-state index in [1.807, 2.05) is 30.3 Å². The quantitative estimate of drug-likeness (QED) is 0.389. The summed E-state index contributed by atoms with van der Waals surface area (Å²) in [5.41, 5.74) is 2.11. The largest absolute Gasteiger partial charge is 0.416 e. The summed E-state index contributed by atoms with van der Waals surface area (Å²) in [5, 5.41) is 9.01. The molecule has 1 aliphatic rings. The number of nitrogens with zero attached hydrogens (tertiary/aromatic N) is 4. The first kappa shape index (κ1) is 20.5. The van der Waals surface area contributed by atoms with Gasteiger partial charge in [0.1, 0.15) is 12.4 Å². The molecule has 0 amide bonds. The van der Waals surface area contributed by atoms with Crippen LogP contribution < -0.4 is 0 Å². The molecule has 4 nitrogen and oxygen atoms in total. The van der Waals surface area contributed by atoms with Crippen LogP contribution in [0.3, 0.4) is 0 Å². The number of aliphatic imine (C=N–C) groups is 1. The second kappa shape index (κ2) is 7.91. The van der Waals surface area contributed by atoms with Crippen LogP contribution in [0.15, 0.2) is 77.8 Å². The molecule has 1 aromatic heterocycles. The fourth-order valence-electron chi connectivity index (χ4n) is 3.84. The first-order valence-corrected chi connectivity index (χ1v) is 10.3. The lowest BCUT2D eigenvalue weighted by Crippen LogP contribution is -2.13. The Balaban J connectivity index is 1.72. The molecule has 3 aromatic carbocycles. The molecule has 0 fully saturated rings. The van der Waals surface area contributed by atoms with Gasteiger partial charge in [0.15, 0.2) is 5.82 Å². The van der Waals surface area contributed by atoms with Gasteiger partial charge in [-0.2, -0.15) is 13.2 Å². The lowest BCUT2D eigenvalue weighted by molar-refractivity contribution is -0.137. The van der Waals surface area contributed by atoms with Crippen molar-refractivity contribution in [3.8, 4) is 5.69 Å². The van der Waals surface area contributed by atoms with Gasteiger partial charge in [0, 0.05) is 22.6 Å². The summed E-state index contributed by atoms with van der Waals surface area (Å²) >= 11 is 6.39. The standard InChI is InChI=1S/C24H16ClF3N4/c25-19-9-5-4-8-17(19)23-18-13-16(24(26,27)28)10-11-20(18)32-21(30-31-22(32)14-29-23)12-15-6-2-1-3-7-15/h1-11,13H,12,14H2. The molecule has 2 heterocycles. The fraction of sp³-hybridized carbons (Fsp3) is 0.125. The third kappa shape index (κ3) is 3.69. The van der Waals surface area contributed by atoms with E-state index in [0.717, 1.165) is 17.7 Å². The highest BCUT2D eigenvalue weighted by atomic mass is 35.5. The van der Waals surface area contributed by atoms with Crippen LogP contribution in [-0.4, -0.2) is 20.5 Å². The molecule has 0 saturated heterocycles. The van der Waals surface area contributed by atoms with E-state index in [4.69, 9.17) is 11.6 Å². The Hall–Kier alpha value is -3.45. The summed E-state index contributed by atoms with van der Waals surface area (Å²) in [6.45, 7) is 0.165. The molecular weight excluding hydrogens is 437 g/mol. The molecule has 0 aliphatic carbocycles. The third-order valence-corrected chi connectivity index (χ3v) is 5.66. The van der Waals surface area contributed by atoms with Crippen molar-refractivity contribution in [2.45, 2.75) is 19.1 Å². The lowest BCUT2D eigenvalue weighted by Gasteiger charge is -2.17. The van der Waals surface area contributed by atoms with Gasteiger partial charge < -0.3 is 0 Å². The van der Waals surface area contributed by atoms with E-state index in [9.17, 15) is 13.2 Å². The Bertz CT molecular complexity index is 1330. The zero-order chi connectivity index (χ0) is 22.3. The number of hydrogen-bond acceptors (Lipinski definition) is 3. The summed E-state index contributed by atoms with van der Waals surface area (Å²) in [7, 11) is 0. The number of aromatic nitrogens is 3. The maximum absolute atomic E-state index is 13.6. The van der Waals surface area contributed by atoms with Gasteiger partial charge in [0.25, 0.3) is 0 Å². The summed E-state index contributed by atoms with van der Waals surface area (Å²) in [4.78, 5) is 4.62. The van der Waals surface area contributed by atoms with Gasteiger partial charge in [-0.25, -0.2) is 0 Å². The summed E-state index contributed by atoms with van der Waals surface area (Å²) in [5.74, 6) is 1.18. The van der Waals surface area contributed by atoms with Crippen LogP contribution in [0.5, 0.6) is 0 Å².